The summed E-state index contributed by atoms with van der Waals surface area (Å²) in [6, 6.07) is 12.4. The van der Waals surface area contributed by atoms with Gasteiger partial charge in [0.25, 0.3) is 0 Å². The summed E-state index contributed by atoms with van der Waals surface area (Å²) in [5, 5.41) is 0. The highest BCUT2D eigenvalue weighted by Gasteiger charge is 2.15. The minimum absolute atomic E-state index is 0.203. The number of hydrogen-bond acceptors (Lipinski definition) is 0. The van der Waals surface area contributed by atoms with E-state index in [9.17, 15) is 22.0 Å². The molecule has 0 unspecified atom stereocenters. The number of allylic oxidation sites excluding steroid dienone is 1. The molecule has 0 saturated heterocycles. The molecule has 0 saturated carbocycles. The van der Waals surface area contributed by atoms with Crippen LogP contribution in [0.5, 0.6) is 0 Å². The van der Waals surface area contributed by atoms with E-state index >= 15 is 0 Å². The Morgan fingerprint density at radius 3 is 1.94 bits per heavy atom. The molecular weight excluding hydrogens is 407 g/mol. The highest BCUT2D eigenvalue weighted by atomic mass is 19.2. The van der Waals surface area contributed by atoms with Crippen molar-refractivity contribution >= 4 is 0 Å². The first-order valence-electron chi connectivity index (χ1n) is 10.2. The maximum atomic E-state index is 14.6. The predicted octanol–water partition coefficient (Wildman–Crippen LogP) is 7.73. The van der Waals surface area contributed by atoms with Crippen LogP contribution in [-0.2, 0) is 19.3 Å². The fraction of sp³-hybridized carbons (Fsp3) is 0.231. The number of rotatable bonds is 9. The van der Waals surface area contributed by atoms with Crippen molar-refractivity contribution in [2.45, 2.75) is 38.5 Å². The largest absolute Gasteiger partial charge is 0.204 e. The van der Waals surface area contributed by atoms with Crippen molar-refractivity contribution in [1.82, 2.24) is 0 Å². The summed E-state index contributed by atoms with van der Waals surface area (Å²) in [5.74, 6) is -5.72. The highest BCUT2D eigenvalue weighted by molar-refractivity contribution is 5.65. The molecule has 0 aliphatic carbocycles. The first-order valence-corrected chi connectivity index (χ1v) is 10.2. The van der Waals surface area contributed by atoms with Gasteiger partial charge in [0.2, 0.25) is 0 Å². The lowest BCUT2D eigenvalue weighted by molar-refractivity contribution is 0.445. The normalized spacial score (nSPS) is 11.0. The van der Waals surface area contributed by atoms with E-state index in [-0.39, 0.29) is 17.5 Å². The molecule has 0 bridgehead atoms. The summed E-state index contributed by atoms with van der Waals surface area (Å²) in [7, 11) is 0. The van der Waals surface area contributed by atoms with Crippen LogP contribution in [0.1, 0.15) is 36.0 Å². The molecule has 0 radical (unpaired) electrons. The van der Waals surface area contributed by atoms with Crippen molar-refractivity contribution in [3.05, 3.63) is 107 Å². The first-order chi connectivity index (χ1) is 14.9. The average molecular weight is 430 g/mol. The number of benzene rings is 3. The Morgan fingerprint density at radius 2 is 1.29 bits per heavy atom. The molecule has 3 aromatic carbocycles. The minimum atomic E-state index is -1.49. The maximum Gasteiger partial charge on any atom is 0.194 e. The number of unbranched alkanes of at least 4 members (excludes halogenated alkanes) is 1. The van der Waals surface area contributed by atoms with E-state index in [1.54, 1.807) is 24.3 Å². The van der Waals surface area contributed by atoms with Gasteiger partial charge in [-0.2, -0.15) is 0 Å². The maximum absolute atomic E-state index is 14.6. The van der Waals surface area contributed by atoms with Gasteiger partial charge in [0.1, 0.15) is 0 Å². The van der Waals surface area contributed by atoms with E-state index in [4.69, 9.17) is 0 Å². The van der Waals surface area contributed by atoms with Crippen molar-refractivity contribution in [2.75, 3.05) is 0 Å². The van der Waals surface area contributed by atoms with E-state index in [0.717, 1.165) is 30.5 Å². The van der Waals surface area contributed by atoms with Crippen molar-refractivity contribution in [3.8, 4) is 11.1 Å². The summed E-state index contributed by atoms with van der Waals surface area (Å²) >= 11 is 0. The highest BCUT2D eigenvalue weighted by Crippen LogP contribution is 2.28. The quantitative estimate of drug-likeness (QED) is 0.141. The van der Waals surface area contributed by atoms with Crippen molar-refractivity contribution in [3.63, 3.8) is 0 Å². The molecule has 0 aromatic heterocycles. The molecular formula is C26H23F5. The van der Waals surface area contributed by atoms with E-state index in [1.165, 1.54) is 0 Å². The third kappa shape index (κ3) is 5.60. The lowest BCUT2D eigenvalue weighted by atomic mass is 9.98. The summed E-state index contributed by atoms with van der Waals surface area (Å²) in [6.45, 7) is 3.69. The van der Waals surface area contributed by atoms with Gasteiger partial charge in [0.05, 0.1) is 0 Å². The first kappa shape index (κ1) is 22.7. The van der Waals surface area contributed by atoms with Crippen molar-refractivity contribution in [1.29, 1.82) is 0 Å². The zero-order valence-electron chi connectivity index (χ0n) is 17.0. The van der Waals surface area contributed by atoms with Crippen LogP contribution in [0.3, 0.4) is 0 Å². The Morgan fingerprint density at radius 1 is 0.645 bits per heavy atom. The second-order valence-corrected chi connectivity index (χ2v) is 7.51. The summed E-state index contributed by atoms with van der Waals surface area (Å²) in [5.41, 5.74) is 2.48. The molecule has 0 nitrogen and oxygen atoms in total. The Balaban J connectivity index is 1.62. The lowest BCUT2D eigenvalue weighted by Gasteiger charge is -2.10. The second-order valence-electron chi connectivity index (χ2n) is 7.51. The molecule has 0 N–H and O–H groups in total. The van der Waals surface area contributed by atoms with Crippen molar-refractivity contribution < 1.29 is 22.0 Å². The molecule has 0 aliphatic heterocycles. The molecule has 0 spiro atoms. The Kier molecular flexibility index (Phi) is 7.61. The van der Waals surface area contributed by atoms with Crippen LogP contribution < -0.4 is 0 Å². The molecule has 5 heteroatoms. The standard InChI is InChI=1S/C26H23F5/c1-2-3-6-17-9-11-19(12-10-17)21-14-13-20(24(29)25(21)30)8-5-4-7-18-15-22(27)26(31)23(28)16-18/h2,9-16H,1,3-8H2. The zero-order chi connectivity index (χ0) is 22.4. The van der Waals surface area contributed by atoms with Crippen LogP contribution in [0, 0.1) is 29.1 Å². The smallest absolute Gasteiger partial charge is 0.194 e. The molecule has 0 atom stereocenters. The Bertz CT molecular complexity index is 1030. The monoisotopic (exact) mass is 430 g/mol. The molecule has 0 amide bonds. The zero-order valence-corrected chi connectivity index (χ0v) is 17.0. The lowest BCUT2D eigenvalue weighted by Crippen LogP contribution is -1.99. The third-order valence-corrected chi connectivity index (χ3v) is 5.27. The molecule has 162 valence electrons. The van der Waals surface area contributed by atoms with Gasteiger partial charge in [0, 0.05) is 5.56 Å². The van der Waals surface area contributed by atoms with Crippen LogP contribution in [0.25, 0.3) is 11.1 Å². The summed E-state index contributed by atoms with van der Waals surface area (Å²) in [4.78, 5) is 0. The molecule has 3 rings (SSSR count). The minimum Gasteiger partial charge on any atom is -0.204 e. The molecule has 0 heterocycles. The number of aryl methyl sites for hydroxylation is 3. The van der Waals surface area contributed by atoms with Crippen molar-refractivity contribution in [2.24, 2.45) is 0 Å². The van der Waals surface area contributed by atoms with Gasteiger partial charge < -0.3 is 0 Å². The fourth-order valence-electron chi connectivity index (χ4n) is 3.52. The van der Waals surface area contributed by atoms with Crippen LogP contribution >= 0.6 is 0 Å². The summed E-state index contributed by atoms with van der Waals surface area (Å²) in [6.07, 6.45) is 5.12. The van der Waals surface area contributed by atoms with Crippen LogP contribution in [0.15, 0.2) is 61.2 Å². The average Bonchev–Trinajstić information content (AvgIpc) is 2.76. The molecule has 3 aromatic rings. The number of halogens is 5. The fourth-order valence-corrected chi connectivity index (χ4v) is 3.52. The van der Waals surface area contributed by atoms with E-state index in [2.05, 4.69) is 6.58 Å². The van der Waals surface area contributed by atoms with Crippen LogP contribution in [0.2, 0.25) is 0 Å². The van der Waals surface area contributed by atoms with E-state index < -0.39 is 29.1 Å². The molecule has 31 heavy (non-hydrogen) atoms. The van der Waals surface area contributed by atoms with E-state index in [1.807, 2.05) is 18.2 Å². The van der Waals surface area contributed by atoms with Gasteiger partial charge in [-0.1, -0.05) is 42.5 Å². The van der Waals surface area contributed by atoms with Gasteiger partial charge >= 0.3 is 0 Å². The van der Waals surface area contributed by atoms with E-state index in [0.29, 0.717) is 30.4 Å². The predicted molar refractivity (Wildman–Crippen MR) is 113 cm³/mol. The SMILES string of the molecule is C=CCCc1ccc(-c2ccc(CCCCc3cc(F)c(F)c(F)c3)c(F)c2F)cc1. The number of hydrogen-bond donors (Lipinski definition) is 0. The molecule has 0 aliphatic rings. The Hall–Kier alpha value is -2.95. The second kappa shape index (κ2) is 10.4. The Labute approximate surface area is 179 Å². The third-order valence-electron chi connectivity index (χ3n) is 5.27. The van der Waals surface area contributed by atoms with Gasteiger partial charge in [-0.05, 0) is 72.9 Å². The summed E-state index contributed by atoms with van der Waals surface area (Å²) < 4.78 is 68.7. The topological polar surface area (TPSA) is 0 Å². The van der Waals surface area contributed by atoms with Crippen LogP contribution in [-0.4, -0.2) is 0 Å². The van der Waals surface area contributed by atoms with Crippen LogP contribution in [0.4, 0.5) is 22.0 Å². The van der Waals surface area contributed by atoms with Gasteiger partial charge in [-0.3, -0.25) is 0 Å². The van der Waals surface area contributed by atoms with Gasteiger partial charge in [0.15, 0.2) is 29.1 Å². The van der Waals surface area contributed by atoms with Gasteiger partial charge in [-0.25, -0.2) is 22.0 Å². The van der Waals surface area contributed by atoms with Gasteiger partial charge in [-0.15, -0.1) is 6.58 Å². The molecule has 0 fully saturated rings.